The minimum atomic E-state index is -0.868. The van der Waals surface area contributed by atoms with E-state index >= 15 is 0 Å². The highest BCUT2D eigenvalue weighted by atomic mass is 16.5. The van der Waals surface area contributed by atoms with Crippen LogP contribution >= 0.6 is 0 Å². The maximum absolute atomic E-state index is 13.4. The molecule has 37 heavy (non-hydrogen) atoms. The Balaban J connectivity index is 1.32. The number of imidazole rings is 1. The SMILES string of the molecule is Cc1ccc(-n2cnnn2)c(-c2cc(=O)n3c(n2)CC[C@H]3c2ncc(-c3ccc(OC(N)=O)cc3)[nH]2)c1. The fraction of sp³-hybridized carbons (Fsp3) is 0.160. The van der Waals surface area contributed by atoms with Crippen LogP contribution in [0.15, 0.2) is 65.8 Å². The number of fused-ring (bicyclic) bond motifs is 1. The zero-order valence-electron chi connectivity index (χ0n) is 19.7. The van der Waals surface area contributed by atoms with E-state index < -0.39 is 6.09 Å². The first-order valence-corrected chi connectivity index (χ1v) is 11.6. The number of carbonyl (C=O) groups is 1. The number of aromatic nitrogens is 8. The van der Waals surface area contributed by atoms with Gasteiger partial charge < -0.3 is 15.5 Å². The van der Waals surface area contributed by atoms with E-state index in [-0.39, 0.29) is 11.6 Å². The predicted octanol–water partition coefficient (Wildman–Crippen LogP) is 2.58. The molecule has 0 fully saturated rings. The second-order valence-electron chi connectivity index (χ2n) is 8.72. The topological polar surface area (TPSA) is 159 Å². The first kappa shape index (κ1) is 22.3. The van der Waals surface area contributed by atoms with Crippen LogP contribution in [-0.4, -0.2) is 45.8 Å². The molecule has 0 saturated carbocycles. The number of aromatic amines is 1. The van der Waals surface area contributed by atoms with Gasteiger partial charge in [-0.05, 0) is 65.7 Å². The first-order valence-electron chi connectivity index (χ1n) is 11.6. The fourth-order valence-corrected chi connectivity index (χ4v) is 4.64. The van der Waals surface area contributed by atoms with Crippen molar-refractivity contribution in [2.45, 2.75) is 25.8 Å². The maximum Gasteiger partial charge on any atom is 0.409 e. The summed E-state index contributed by atoms with van der Waals surface area (Å²) < 4.78 is 8.13. The predicted molar refractivity (Wildman–Crippen MR) is 132 cm³/mol. The summed E-state index contributed by atoms with van der Waals surface area (Å²) in [6, 6.07) is 14.0. The van der Waals surface area contributed by atoms with Crippen LogP contribution in [0.2, 0.25) is 0 Å². The highest BCUT2D eigenvalue weighted by Crippen LogP contribution is 2.32. The lowest BCUT2D eigenvalue weighted by Gasteiger charge is -2.14. The Morgan fingerprint density at radius 1 is 1.16 bits per heavy atom. The van der Waals surface area contributed by atoms with Gasteiger partial charge in [0.05, 0.1) is 29.3 Å². The van der Waals surface area contributed by atoms with Crippen LogP contribution in [-0.2, 0) is 6.42 Å². The third-order valence-electron chi connectivity index (χ3n) is 6.30. The average Bonchev–Trinajstić information content (AvgIpc) is 3.65. The van der Waals surface area contributed by atoms with E-state index in [0.717, 1.165) is 28.1 Å². The van der Waals surface area contributed by atoms with Crippen molar-refractivity contribution in [1.82, 2.24) is 39.7 Å². The molecule has 0 unspecified atom stereocenters. The minimum absolute atomic E-state index is 0.155. The first-order chi connectivity index (χ1) is 18.0. The highest BCUT2D eigenvalue weighted by molar-refractivity contribution is 5.71. The van der Waals surface area contributed by atoms with E-state index in [1.165, 1.54) is 6.33 Å². The molecule has 0 aliphatic carbocycles. The van der Waals surface area contributed by atoms with E-state index in [1.54, 1.807) is 45.8 Å². The average molecular weight is 496 g/mol. The smallest absolute Gasteiger partial charge is 0.409 e. The molecule has 0 bridgehead atoms. The number of amides is 1. The number of carbonyl (C=O) groups excluding carboxylic acids is 1. The number of nitrogens with one attached hydrogen (secondary N) is 1. The van der Waals surface area contributed by atoms with Crippen LogP contribution in [0.3, 0.4) is 0 Å². The van der Waals surface area contributed by atoms with Crippen molar-refractivity contribution in [3.63, 3.8) is 0 Å². The summed E-state index contributed by atoms with van der Waals surface area (Å²) in [6.45, 7) is 1.98. The lowest BCUT2D eigenvalue weighted by molar-refractivity contribution is 0.211. The van der Waals surface area contributed by atoms with Crippen molar-refractivity contribution in [2.75, 3.05) is 0 Å². The number of aryl methyl sites for hydroxylation is 2. The fourth-order valence-electron chi connectivity index (χ4n) is 4.64. The lowest BCUT2D eigenvalue weighted by atomic mass is 10.1. The number of hydrogen-bond acceptors (Lipinski definition) is 8. The Kier molecular flexibility index (Phi) is 5.33. The Morgan fingerprint density at radius 2 is 2.00 bits per heavy atom. The van der Waals surface area contributed by atoms with Crippen molar-refractivity contribution in [1.29, 1.82) is 0 Å². The van der Waals surface area contributed by atoms with Gasteiger partial charge in [-0.25, -0.2) is 14.8 Å². The monoisotopic (exact) mass is 495 g/mol. The van der Waals surface area contributed by atoms with Crippen molar-refractivity contribution < 1.29 is 9.53 Å². The molecule has 0 spiro atoms. The number of hydrogen-bond donors (Lipinski definition) is 2. The molecule has 0 saturated heterocycles. The van der Waals surface area contributed by atoms with Crippen molar-refractivity contribution in [2.24, 2.45) is 5.73 Å². The number of primary amides is 1. The van der Waals surface area contributed by atoms with Gasteiger partial charge >= 0.3 is 6.09 Å². The van der Waals surface area contributed by atoms with Crippen LogP contribution in [0.1, 0.15) is 29.7 Å². The van der Waals surface area contributed by atoms with E-state index in [1.807, 2.05) is 25.1 Å². The molecule has 12 nitrogen and oxygen atoms in total. The van der Waals surface area contributed by atoms with Crippen LogP contribution in [0, 0.1) is 6.92 Å². The molecule has 1 aliphatic rings. The summed E-state index contributed by atoms with van der Waals surface area (Å²) in [5, 5.41) is 11.4. The Hall–Kier alpha value is -5.13. The van der Waals surface area contributed by atoms with Crippen LogP contribution in [0.5, 0.6) is 5.75 Å². The van der Waals surface area contributed by atoms with Gasteiger partial charge in [0.2, 0.25) is 0 Å². The molecule has 3 aromatic heterocycles. The molecule has 0 radical (unpaired) electrons. The summed E-state index contributed by atoms with van der Waals surface area (Å²) in [7, 11) is 0. The molecule has 4 heterocycles. The number of ether oxygens (including phenoxy) is 1. The summed E-state index contributed by atoms with van der Waals surface area (Å²) in [4.78, 5) is 37.0. The van der Waals surface area contributed by atoms with Crippen LogP contribution < -0.4 is 16.0 Å². The number of rotatable bonds is 5. The minimum Gasteiger partial charge on any atom is -0.411 e. The van der Waals surface area contributed by atoms with Gasteiger partial charge in [0, 0.05) is 18.1 Å². The Morgan fingerprint density at radius 3 is 2.76 bits per heavy atom. The Labute approximate surface area is 209 Å². The maximum atomic E-state index is 13.4. The number of nitrogens with two attached hydrogens (primary N) is 1. The second-order valence-corrected chi connectivity index (χ2v) is 8.72. The largest absolute Gasteiger partial charge is 0.411 e. The molecule has 12 heteroatoms. The molecular formula is C25H21N9O3. The third kappa shape index (κ3) is 4.14. The zero-order valence-corrected chi connectivity index (χ0v) is 19.7. The normalized spacial score (nSPS) is 14.5. The van der Waals surface area contributed by atoms with Gasteiger partial charge in [0.25, 0.3) is 5.56 Å². The van der Waals surface area contributed by atoms with Gasteiger partial charge in [-0.3, -0.25) is 9.36 Å². The summed E-state index contributed by atoms with van der Waals surface area (Å²) in [5.74, 6) is 1.72. The summed E-state index contributed by atoms with van der Waals surface area (Å²) in [6.07, 6.45) is 3.69. The van der Waals surface area contributed by atoms with Crippen molar-refractivity contribution in [3.05, 3.63) is 88.6 Å². The molecule has 2 aromatic carbocycles. The van der Waals surface area contributed by atoms with Gasteiger partial charge in [-0.1, -0.05) is 11.6 Å². The summed E-state index contributed by atoms with van der Waals surface area (Å²) >= 11 is 0. The number of tetrazole rings is 1. The van der Waals surface area contributed by atoms with Crippen LogP contribution in [0.25, 0.3) is 28.2 Å². The number of nitrogens with zero attached hydrogens (tertiary/aromatic N) is 7. The van der Waals surface area contributed by atoms with Gasteiger partial charge in [-0.2, -0.15) is 4.68 Å². The molecule has 1 aliphatic heterocycles. The molecular weight excluding hydrogens is 474 g/mol. The summed E-state index contributed by atoms with van der Waals surface area (Å²) in [5.41, 5.74) is 9.65. The lowest BCUT2D eigenvalue weighted by Crippen LogP contribution is -2.25. The van der Waals surface area contributed by atoms with Gasteiger partial charge in [-0.15, -0.1) is 5.10 Å². The van der Waals surface area contributed by atoms with Crippen molar-refractivity contribution >= 4 is 6.09 Å². The third-order valence-corrected chi connectivity index (χ3v) is 6.30. The number of H-pyrrole nitrogens is 1. The molecule has 3 N–H and O–H groups in total. The second kappa shape index (κ2) is 8.82. The number of benzene rings is 2. The van der Waals surface area contributed by atoms with E-state index in [9.17, 15) is 9.59 Å². The molecule has 1 atom stereocenters. The van der Waals surface area contributed by atoms with E-state index in [0.29, 0.717) is 35.9 Å². The van der Waals surface area contributed by atoms with Crippen molar-refractivity contribution in [3.8, 4) is 34.0 Å². The zero-order chi connectivity index (χ0) is 25.5. The van der Waals surface area contributed by atoms with Gasteiger partial charge in [0.1, 0.15) is 23.7 Å². The highest BCUT2D eigenvalue weighted by Gasteiger charge is 2.29. The molecule has 1 amide bonds. The quantitative estimate of drug-likeness (QED) is 0.376. The Bertz CT molecular complexity index is 1670. The molecule has 184 valence electrons. The standard InChI is InChI=1S/C25H21N9O3/c1-14-2-7-20(33-13-28-31-32-33)17(10-14)18-11-23(35)34-21(8-9-22(34)29-18)24-27-12-19(30-24)15-3-5-16(6-4-15)37-25(26)36/h2-7,10-13,21H,8-9H2,1H3,(H2,26,36)(H,27,30)/t21-/m0/s1. The molecule has 5 aromatic rings. The van der Waals surface area contributed by atoms with Gasteiger partial charge in [0.15, 0.2) is 0 Å². The van der Waals surface area contributed by atoms with E-state index in [4.69, 9.17) is 15.5 Å². The van der Waals surface area contributed by atoms with Crippen LogP contribution in [0.4, 0.5) is 4.79 Å². The van der Waals surface area contributed by atoms with E-state index in [2.05, 4.69) is 25.5 Å². The molecule has 6 rings (SSSR count).